The predicted octanol–water partition coefficient (Wildman–Crippen LogP) is 16.2. The molecule has 0 rings (SSSR count). The van der Waals surface area contributed by atoms with E-state index < -0.39 is 6.10 Å². The first-order chi connectivity index (χ1) is 30.0. The second kappa shape index (κ2) is 49.0. The highest BCUT2D eigenvalue weighted by Gasteiger charge is 2.19. The highest BCUT2D eigenvalue weighted by atomic mass is 16.6. The van der Waals surface area contributed by atoms with Crippen molar-refractivity contribution in [2.75, 3.05) is 13.2 Å². The third-order valence-corrected chi connectivity index (χ3v) is 10.2. The summed E-state index contributed by atoms with van der Waals surface area (Å²) in [5.41, 5.74) is 0. The maximum absolute atomic E-state index is 12.8. The summed E-state index contributed by atoms with van der Waals surface area (Å²) >= 11 is 0. The molecule has 6 nitrogen and oxygen atoms in total. The number of hydrogen-bond donors (Lipinski definition) is 0. The Bertz CT molecular complexity index is 1250. The molecule has 0 aromatic carbocycles. The van der Waals surface area contributed by atoms with E-state index >= 15 is 0 Å². The van der Waals surface area contributed by atoms with Gasteiger partial charge < -0.3 is 14.2 Å². The van der Waals surface area contributed by atoms with Gasteiger partial charge in [-0.05, 0) is 64.2 Å². The van der Waals surface area contributed by atoms with Crippen molar-refractivity contribution >= 4 is 17.9 Å². The monoisotopic (exact) mass is 847 g/mol. The summed E-state index contributed by atoms with van der Waals surface area (Å²) in [6.45, 7) is 6.29. The van der Waals surface area contributed by atoms with Crippen molar-refractivity contribution in [1.29, 1.82) is 0 Å². The van der Waals surface area contributed by atoms with Crippen LogP contribution < -0.4 is 0 Å². The van der Waals surface area contributed by atoms with E-state index in [1.165, 1.54) is 83.5 Å². The Morgan fingerprint density at radius 2 is 0.738 bits per heavy atom. The second-order valence-electron chi connectivity index (χ2n) is 16.1. The van der Waals surface area contributed by atoms with Crippen LogP contribution in [0.25, 0.3) is 0 Å². The van der Waals surface area contributed by atoms with Crippen LogP contribution >= 0.6 is 0 Å². The van der Waals surface area contributed by atoms with Crippen molar-refractivity contribution < 1.29 is 28.6 Å². The molecule has 0 aromatic rings. The standard InChI is InChI=1S/C55H90O6/c1-4-7-10-13-16-19-22-25-27-28-31-33-36-39-42-45-48-54(57)60-51-52(50-59-53(56)47-44-41-38-35-32-29-24-21-18-15-12-9-6-3)61-55(58)49-46-43-40-37-34-30-26-23-20-17-14-11-8-5-2/h8-9,11-12,15,17-18,20-21,24,26,29-30,32,35,38,52H,4-7,10,13-14,16,19,22-23,25,27-28,31,33-34,36-37,39-51H2,1-3H3/b11-8+,12-9+,18-15+,20-17+,24-21+,30-26+,32-29+,38-35+. The molecule has 6 heteroatoms. The SMILES string of the molecule is CC/C=C/C=C/C=C/C=C/C=C/CCCC(=O)OCC(COC(=O)CCCCCCCCCCCCCCCCCC)OC(=O)CCCCCC/C=C/C/C=C/C/C=C/CC. The lowest BCUT2D eigenvalue weighted by Gasteiger charge is -2.18. The molecule has 0 spiro atoms. The average Bonchev–Trinajstić information content (AvgIpc) is 3.26. The summed E-state index contributed by atoms with van der Waals surface area (Å²) in [5.74, 6) is -1.01. The van der Waals surface area contributed by atoms with Crippen LogP contribution in [0.3, 0.4) is 0 Å². The maximum atomic E-state index is 12.8. The van der Waals surface area contributed by atoms with Gasteiger partial charge in [-0.2, -0.15) is 0 Å². The van der Waals surface area contributed by atoms with Crippen molar-refractivity contribution in [2.45, 2.75) is 219 Å². The van der Waals surface area contributed by atoms with Gasteiger partial charge in [-0.3, -0.25) is 14.4 Å². The average molecular weight is 847 g/mol. The zero-order chi connectivity index (χ0) is 44.4. The Labute approximate surface area is 375 Å². The normalized spacial score (nSPS) is 12.9. The molecule has 0 aromatic heterocycles. The molecular weight excluding hydrogens is 757 g/mol. The van der Waals surface area contributed by atoms with E-state index in [0.29, 0.717) is 12.8 Å². The molecule has 0 fully saturated rings. The first-order valence-corrected chi connectivity index (χ1v) is 24.8. The lowest BCUT2D eigenvalue weighted by atomic mass is 10.0. The number of carbonyl (C=O) groups is 3. The number of unbranched alkanes of at least 4 members (excludes halogenated alkanes) is 20. The molecular formula is C55H90O6. The molecule has 0 saturated heterocycles. The Balaban J connectivity index is 4.50. The fourth-order valence-electron chi connectivity index (χ4n) is 6.54. The third-order valence-electron chi connectivity index (χ3n) is 10.2. The zero-order valence-corrected chi connectivity index (χ0v) is 39.4. The fraction of sp³-hybridized carbons (Fsp3) is 0.655. The van der Waals surface area contributed by atoms with Crippen LogP contribution in [0.4, 0.5) is 0 Å². The van der Waals surface area contributed by atoms with Crippen LogP contribution in [-0.4, -0.2) is 37.2 Å². The molecule has 0 aliphatic carbocycles. The summed E-state index contributed by atoms with van der Waals surface area (Å²) in [6.07, 6.45) is 64.0. The van der Waals surface area contributed by atoms with Gasteiger partial charge in [-0.25, -0.2) is 0 Å². The molecule has 0 amide bonds. The van der Waals surface area contributed by atoms with Crippen LogP contribution in [0.1, 0.15) is 213 Å². The Hall–Kier alpha value is -3.67. The summed E-state index contributed by atoms with van der Waals surface area (Å²) in [7, 11) is 0. The minimum Gasteiger partial charge on any atom is -0.462 e. The van der Waals surface area contributed by atoms with Gasteiger partial charge in [0.05, 0.1) is 0 Å². The van der Waals surface area contributed by atoms with Gasteiger partial charge in [0.1, 0.15) is 13.2 Å². The van der Waals surface area contributed by atoms with Gasteiger partial charge in [0, 0.05) is 19.3 Å². The highest BCUT2D eigenvalue weighted by Crippen LogP contribution is 2.15. The van der Waals surface area contributed by atoms with E-state index in [1.807, 2.05) is 54.7 Å². The first-order valence-electron chi connectivity index (χ1n) is 24.8. The van der Waals surface area contributed by atoms with Gasteiger partial charge in [0.15, 0.2) is 6.10 Å². The number of allylic oxidation sites excluding steroid dienone is 16. The minimum atomic E-state index is -0.816. The van der Waals surface area contributed by atoms with Gasteiger partial charge in [-0.15, -0.1) is 0 Å². The molecule has 346 valence electrons. The van der Waals surface area contributed by atoms with Crippen LogP contribution in [0.15, 0.2) is 97.2 Å². The van der Waals surface area contributed by atoms with Crippen molar-refractivity contribution in [3.8, 4) is 0 Å². The van der Waals surface area contributed by atoms with Crippen LogP contribution in [0.2, 0.25) is 0 Å². The molecule has 61 heavy (non-hydrogen) atoms. The van der Waals surface area contributed by atoms with Gasteiger partial charge in [0.2, 0.25) is 0 Å². The molecule has 1 unspecified atom stereocenters. The van der Waals surface area contributed by atoms with Gasteiger partial charge >= 0.3 is 17.9 Å². The lowest BCUT2D eigenvalue weighted by molar-refractivity contribution is -0.167. The molecule has 0 aliphatic rings. The van der Waals surface area contributed by atoms with E-state index in [1.54, 1.807) is 0 Å². The van der Waals surface area contributed by atoms with E-state index in [4.69, 9.17) is 14.2 Å². The smallest absolute Gasteiger partial charge is 0.306 e. The number of carbonyl (C=O) groups excluding carboxylic acids is 3. The topological polar surface area (TPSA) is 78.9 Å². The molecule has 0 heterocycles. The maximum Gasteiger partial charge on any atom is 0.306 e. The quantitative estimate of drug-likeness (QED) is 0.0200. The minimum absolute atomic E-state index is 0.109. The van der Waals surface area contributed by atoms with Crippen LogP contribution in [-0.2, 0) is 28.6 Å². The van der Waals surface area contributed by atoms with Gasteiger partial charge in [0.25, 0.3) is 0 Å². The summed E-state index contributed by atoms with van der Waals surface area (Å²) in [4.78, 5) is 37.9. The second-order valence-corrected chi connectivity index (χ2v) is 16.1. The Kier molecular flexibility index (Phi) is 46.0. The number of hydrogen-bond acceptors (Lipinski definition) is 6. The van der Waals surface area contributed by atoms with E-state index in [-0.39, 0.29) is 44.0 Å². The third kappa shape index (κ3) is 47.2. The largest absolute Gasteiger partial charge is 0.462 e. The number of esters is 3. The molecule has 0 bridgehead atoms. The van der Waals surface area contributed by atoms with E-state index in [0.717, 1.165) is 83.5 Å². The number of rotatable bonds is 43. The van der Waals surface area contributed by atoms with Crippen molar-refractivity contribution in [1.82, 2.24) is 0 Å². The molecule has 0 saturated carbocycles. The first kappa shape index (κ1) is 57.3. The molecule has 0 radical (unpaired) electrons. The summed E-state index contributed by atoms with van der Waals surface area (Å²) in [5, 5.41) is 0. The lowest BCUT2D eigenvalue weighted by Crippen LogP contribution is -2.30. The Morgan fingerprint density at radius 1 is 0.361 bits per heavy atom. The number of ether oxygens (including phenoxy) is 3. The van der Waals surface area contributed by atoms with Crippen LogP contribution in [0.5, 0.6) is 0 Å². The molecule has 1 atom stereocenters. The van der Waals surface area contributed by atoms with Crippen molar-refractivity contribution in [3.05, 3.63) is 97.2 Å². The fourth-order valence-corrected chi connectivity index (χ4v) is 6.54. The van der Waals surface area contributed by atoms with Crippen molar-refractivity contribution in [2.24, 2.45) is 0 Å². The molecule has 0 aliphatic heterocycles. The zero-order valence-electron chi connectivity index (χ0n) is 39.4. The summed E-state index contributed by atoms with van der Waals surface area (Å²) in [6, 6.07) is 0. The van der Waals surface area contributed by atoms with Crippen molar-refractivity contribution in [3.63, 3.8) is 0 Å². The molecule has 0 N–H and O–H groups in total. The predicted molar refractivity (Wildman–Crippen MR) is 260 cm³/mol. The van der Waals surface area contributed by atoms with Crippen LogP contribution in [0, 0.1) is 0 Å². The van der Waals surface area contributed by atoms with Gasteiger partial charge in [-0.1, -0.05) is 227 Å². The highest BCUT2D eigenvalue weighted by molar-refractivity contribution is 5.71. The Morgan fingerprint density at radius 3 is 1.25 bits per heavy atom. The van der Waals surface area contributed by atoms with E-state index in [2.05, 4.69) is 63.3 Å². The van der Waals surface area contributed by atoms with E-state index in [9.17, 15) is 14.4 Å². The summed E-state index contributed by atoms with van der Waals surface area (Å²) < 4.78 is 16.7.